The predicted molar refractivity (Wildman–Crippen MR) is 82.9 cm³/mol. The summed E-state index contributed by atoms with van der Waals surface area (Å²) in [6, 6.07) is 8.06. The lowest BCUT2D eigenvalue weighted by atomic mass is 10.1. The number of benzene rings is 1. The molecule has 0 bridgehead atoms. The summed E-state index contributed by atoms with van der Waals surface area (Å²) in [5.41, 5.74) is 2.48. The van der Waals surface area contributed by atoms with Gasteiger partial charge in [-0.3, -0.25) is 0 Å². The molecule has 1 fully saturated rings. The molecule has 0 amide bonds. The second kappa shape index (κ2) is 7.46. The summed E-state index contributed by atoms with van der Waals surface area (Å²) < 4.78 is 5.15. The van der Waals surface area contributed by atoms with Crippen molar-refractivity contribution < 1.29 is 9.84 Å². The lowest BCUT2D eigenvalue weighted by molar-refractivity contribution is 0.132. The number of rotatable bonds is 6. The van der Waals surface area contributed by atoms with Crippen LogP contribution in [0.1, 0.15) is 31.7 Å². The van der Waals surface area contributed by atoms with Gasteiger partial charge in [0.1, 0.15) is 5.75 Å². The first-order valence-electron chi connectivity index (χ1n) is 7.39. The zero-order valence-corrected chi connectivity index (χ0v) is 12.4. The zero-order valence-electron chi connectivity index (χ0n) is 12.4. The van der Waals surface area contributed by atoms with Gasteiger partial charge in [-0.25, -0.2) is 0 Å². The van der Waals surface area contributed by atoms with Crippen LogP contribution in [-0.2, 0) is 0 Å². The van der Waals surface area contributed by atoms with Crippen LogP contribution in [0.5, 0.6) is 5.75 Å². The number of hydrogen-bond acceptors (Lipinski definition) is 3. The highest BCUT2D eigenvalue weighted by Gasteiger charge is 2.24. The van der Waals surface area contributed by atoms with Gasteiger partial charge in [0.25, 0.3) is 0 Å². The highest BCUT2D eigenvalue weighted by Crippen LogP contribution is 2.24. The van der Waals surface area contributed by atoms with Crippen LogP contribution in [0.4, 0.5) is 0 Å². The fraction of sp³-hybridized carbons (Fsp3) is 0.529. The number of hydrogen-bond donors (Lipinski definition) is 2. The van der Waals surface area contributed by atoms with Crippen molar-refractivity contribution in [3.05, 3.63) is 35.4 Å². The number of aliphatic hydroxyl groups excluding tert-OH is 1. The van der Waals surface area contributed by atoms with Crippen molar-refractivity contribution >= 4 is 6.08 Å². The van der Waals surface area contributed by atoms with E-state index in [1.807, 2.05) is 12.1 Å². The molecule has 2 N–H and O–H groups in total. The van der Waals surface area contributed by atoms with E-state index < -0.39 is 0 Å². The number of ether oxygens (including phenoxy) is 1. The minimum absolute atomic E-state index is 0.103. The van der Waals surface area contributed by atoms with Crippen molar-refractivity contribution in [1.29, 1.82) is 0 Å². The maximum absolute atomic E-state index is 9.77. The highest BCUT2D eigenvalue weighted by atomic mass is 16.5. The monoisotopic (exact) mass is 275 g/mol. The van der Waals surface area contributed by atoms with E-state index in [9.17, 15) is 5.11 Å². The third-order valence-corrected chi connectivity index (χ3v) is 3.96. The Kier molecular flexibility index (Phi) is 5.62. The Labute approximate surface area is 121 Å². The van der Waals surface area contributed by atoms with Gasteiger partial charge in [0.2, 0.25) is 0 Å². The summed E-state index contributed by atoms with van der Waals surface area (Å²) in [6.07, 6.45) is 5.35. The van der Waals surface area contributed by atoms with Crippen molar-refractivity contribution in [2.24, 2.45) is 5.92 Å². The first-order valence-corrected chi connectivity index (χ1v) is 7.39. The zero-order chi connectivity index (χ0) is 14.4. The molecule has 1 saturated carbocycles. The standard InChI is InChI=1S/C17H25NO2/c1-13(10-14-6-8-16(20-2)9-7-14)11-18-12-15-4-3-5-17(15)19/h6-10,15,17-19H,3-5,11-12H2,1-2H3/b13-10-. The molecule has 2 atom stereocenters. The summed E-state index contributed by atoms with van der Waals surface area (Å²) in [5.74, 6) is 1.32. The molecule has 3 heteroatoms. The molecule has 1 aliphatic rings. The summed E-state index contributed by atoms with van der Waals surface area (Å²) in [4.78, 5) is 0. The van der Waals surface area contributed by atoms with Crippen molar-refractivity contribution in [3.8, 4) is 5.75 Å². The Morgan fingerprint density at radius 3 is 2.70 bits per heavy atom. The molecule has 0 spiro atoms. The van der Waals surface area contributed by atoms with Crippen LogP contribution < -0.4 is 10.1 Å². The molecule has 2 rings (SSSR count). The Balaban J connectivity index is 1.78. The summed E-state index contributed by atoms with van der Waals surface area (Å²) in [5, 5.41) is 13.2. The van der Waals surface area contributed by atoms with Crippen LogP contribution >= 0.6 is 0 Å². The topological polar surface area (TPSA) is 41.5 Å². The molecule has 110 valence electrons. The average Bonchev–Trinajstić information content (AvgIpc) is 2.85. The molecular formula is C17H25NO2. The van der Waals surface area contributed by atoms with Gasteiger partial charge in [0.15, 0.2) is 0 Å². The Morgan fingerprint density at radius 2 is 2.10 bits per heavy atom. The third kappa shape index (κ3) is 4.36. The second-order valence-electron chi connectivity index (χ2n) is 5.65. The first kappa shape index (κ1) is 15.1. The SMILES string of the molecule is COc1ccc(/C=C(/C)CNCC2CCCC2O)cc1. The molecule has 20 heavy (non-hydrogen) atoms. The maximum Gasteiger partial charge on any atom is 0.118 e. The molecule has 0 aromatic heterocycles. The molecular weight excluding hydrogens is 250 g/mol. The van der Waals surface area contributed by atoms with E-state index >= 15 is 0 Å². The van der Waals surface area contributed by atoms with Gasteiger partial charge >= 0.3 is 0 Å². The molecule has 0 saturated heterocycles. The molecule has 0 heterocycles. The van der Waals surface area contributed by atoms with Crippen molar-refractivity contribution in [1.82, 2.24) is 5.32 Å². The van der Waals surface area contributed by atoms with Gasteiger partial charge in [-0.15, -0.1) is 0 Å². The molecule has 2 unspecified atom stereocenters. The van der Waals surface area contributed by atoms with E-state index in [0.29, 0.717) is 5.92 Å². The largest absolute Gasteiger partial charge is 0.497 e. The lowest BCUT2D eigenvalue weighted by Crippen LogP contribution is -2.28. The van der Waals surface area contributed by atoms with E-state index in [1.165, 1.54) is 11.1 Å². The summed E-state index contributed by atoms with van der Waals surface area (Å²) in [6.45, 7) is 3.91. The predicted octanol–water partition coefficient (Wildman–Crippen LogP) is 2.85. The van der Waals surface area contributed by atoms with Crippen LogP contribution in [-0.4, -0.2) is 31.4 Å². The van der Waals surface area contributed by atoms with Crippen molar-refractivity contribution in [2.45, 2.75) is 32.3 Å². The molecule has 1 aliphatic carbocycles. The molecule has 1 aromatic carbocycles. The van der Waals surface area contributed by atoms with Crippen LogP contribution in [0.3, 0.4) is 0 Å². The molecule has 3 nitrogen and oxygen atoms in total. The Hall–Kier alpha value is -1.32. The second-order valence-corrected chi connectivity index (χ2v) is 5.65. The third-order valence-electron chi connectivity index (χ3n) is 3.96. The fourth-order valence-corrected chi connectivity index (χ4v) is 2.75. The van der Waals surface area contributed by atoms with Gasteiger partial charge in [0, 0.05) is 13.1 Å². The highest BCUT2D eigenvalue weighted by molar-refractivity contribution is 5.53. The normalized spacial score (nSPS) is 23.1. The Morgan fingerprint density at radius 1 is 1.35 bits per heavy atom. The number of methoxy groups -OCH3 is 1. The van der Waals surface area contributed by atoms with Crippen molar-refractivity contribution in [3.63, 3.8) is 0 Å². The minimum atomic E-state index is -0.103. The van der Waals surface area contributed by atoms with Crippen LogP contribution in [0, 0.1) is 5.92 Å². The Bertz CT molecular complexity index is 439. The van der Waals surface area contributed by atoms with E-state index in [4.69, 9.17) is 4.74 Å². The fourth-order valence-electron chi connectivity index (χ4n) is 2.75. The van der Waals surface area contributed by atoms with E-state index in [-0.39, 0.29) is 6.10 Å². The quantitative estimate of drug-likeness (QED) is 0.839. The van der Waals surface area contributed by atoms with Crippen molar-refractivity contribution in [2.75, 3.05) is 20.2 Å². The van der Waals surface area contributed by atoms with Crippen LogP contribution in [0.15, 0.2) is 29.8 Å². The average molecular weight is 275 g/mol. The van der Waals surface area contributed by atoms with Gasteiger partial charge < -0.3 is 15.2 Å². The van der Waals surface area contributed by atoms with E-state index in [1.54, 1.807) is 7.11 Å². The van der Waals surface area contributed by atoms with Crippen LogP contribution in [0.25, 0.3) is 6.08 Å². The summed E-state index contributed by atoms with van der Waals surface area (Å²) >= 11 is 0. The van der Waals surface area contributed by atoms with Gasteiger partial charge in [-0.05, 0) is 43.4 Å². The molecule has 0 aliphatic heterocycles. The smallest absolute Gasteiger partial charge is 0.118 e. The van der Waals surface area contributed by atoms with E-state index in [0.717, 1.165) is 38.1 Å². The molecule has 1 aromatic rings. The number of aliphatic hydroxyl groups is 1. The van der Waals surface area contributed by atoms with Gasteiger partial charge in [-0.1, -0.05) is 30.2 Å². The van der Waals surface area contributed by atoms with Gasteiger partial charge in [-0.2, -0.15) is 0 Å². The maximum atomic E-state index is 9.77. The lowest BCUT2D eigenvalue weighted by Gasteiger charge is -2.15. The minimum Gasteiger partial charge on any atom is -0.497 e. The first-order chi connectivity index (χ1) is 9.69. The summed E-state index contributed by atoms with van der Waals surface area (Å²) in [7, 11) is 1.68. The van der Waals surface area contributed by atoms with Gasteiger partial charge in [0.05, 0.1) is 13.2 Å². The molecule has 0 radical (unpaired) electrons. The van der Waals surface area contributed by atoms with E-state index in [2.05, 4.69) is 30.4 Å². The number of nitrogens with one attached hydrogen (secondary N) is 1. The van der Waals surface area contributed by atoms with Crippen LogP contribution in [0.2, 0.25) is 0 Å².